The Morgan fingerprint density at radius 1 is 1.00 bits per heavy atom. The van der Waals surface area contributed by atoms with Gasteiger partial charge in [0.2, 0.25) is 0 Å². The normalized spacial score (nSPS) is 15.8. The number of aryl methyl sites for hydroxylation is 1. The molecule has 0 bridgehead atoms. The van der Waals surface area contributed by atoms with E-state index in [1.54, 1.807) is 11.6 Å². The third kappa shape index (κ3) is 3.47. The summed E-state index contributed by atoms with van der Waals surface area (Å²) in [6, 6.07) is 2.42. The molecule has 0 amide bonds. The van der Waals surface area contributed by atoms with E-state index in [4.69, 9.17) is 0 Å². The number of rotatable bonds is 3. The highest BCUT2D eigenvalue weighted by Crippen LogP contribution is 2.29. The van der Waals surface area contributed by atoms with Gasteiger partial charge < -0.3 is 9.47 Å². The lowest BCUT2D eigenvalue weighted by atomic mass is 10.2. The molecule has 3 aromatic rings. The number of nitrogens with zero attached hydrogens (tertiary/aromatic N) is 7. The van der Waals surface area contributed by atoms with E-state index >= 15 is 0 Å². The lowest BCUT2D eigenvalue weighted by Gasteiger charge is -2.35. The van der Waals surface area contributed by atoms with Crippen molar-refractivity contribution in [3.05, 3.63) is 51.1 Å². The fourth-order valence-corrected chi connectivity index (χ4v) is 3.58. The summed E-state index contributed by atoms with van der Waals surface area (Å²) >= 11 is 0. The van der Waals surface area contributed by atoms with Crippen molar-refractivity contribution in [2.24, 2.45) is 14.1 Å². The van der Waals surface area contributed by atoms with Gasteiger partial charge in [-0.1, -0.05) is 0 Å². The molecule has 4 heterocycles. The molecule has 1 fully saturated rings. The van der Waals surface area contributed by atoms with Crippen molar-refractivity contribution in [2.45, 2.75) is 12.8 Å². The summed E-state index contributed by atoms with van der Waals surface area (Å²) in [5.41, 5.74) is -0.927. The first kappa shape index (κ1) is 20.1. The summed E-state index contributed by atoms with van der Waals surface area (Å²) in [7, 11) is 2.99. The zero-order valence-corrected chi connectivity index (χ0v) is 16.4. The van der Waals surface area contributed by atoms with E-state index in [1.807, 2.05) is 4.90 Å². The maximum Gasteiger partial charge on any atom is 0.417 e. The van der Waals surface area contributed by atoms with E-state index in [0.29, 0.717) is 49.8 Å². The van der Waals surface area contributed by atoms with Crippen LogP contribution >= 0.6 is 0 Å². The summed E-state index contributed by atoms with van der Waals surface area (Å²) in [4.78, 5) is 36.8. The molecule has 0 aliphatic carbocycles. The lowest BCUT2D eigenvalue weighted by Crippen LogP contribution is -2.47. The van der Waals surface area contributed by atoms with E-state index in [2.05, 4.69) is 14.9 Å². The third-order valence-corrected chi connectivity index (χ3v) is 5.34. The molecule has 3 aromatic heterocycles. The molecule has 0 saturated carbocycles. The molecule has 1 saturated heterocycles. The molecule has 0 atom stereocenters. The Balaban J connectivity index is 1.47. The van der Waals surface area contributed by atoms with Crippen LogP contribution in [0.5, 0.6) is 0 Å². The Labute approximate surface area is 168 Å². The summed E-state index contributed by atoms with van der Waals surface area (Å²) in [5.74, 6) is 0.500. The van der Waals surface area contributed by atoms with Crippen molar-refractivity contribution in [2.75, 3.05) is 31.1 Å². The average molecular weight is 423 g/mol. The molecule has 160 valence electrons. The lowest BCUT2D eigenvalue weighted by molar-refractivity contribution is -0.137. The number of alkyl halides is 3. The molecule has 1 aliphatic heterocycles. The predicted molar refractivity (Wildman–Crippen MR) is 103 cm³/mol. The van der Waals surface area contributed by atoms with Gasteiger partial charge in [-0.2, -0.15) is 13.2 Å². The topological polar surface area (TPSA) is 81.2 Å². The van der Waals surface area contributed by atoms with Gasteiger partial charge in [0.15, 0.2) is 11.2 Å². The van der Waals surface area contributed by atoms with Gasteiger partial charge in [-0.05, 0) is 12.1 Å². The van der Waals surface area contributed by atoms with Crippen LogP contribution < -0.4 is 16.1 Å². The Kier molecular flexibility index (Phi) is 4.88. The quantitative estimate of drug-likeness (QED) is 0.615. The van der Waals surface area contributed by atoms with Crippen molar-refractivity contribution < 1.29 is 13.2 Å². The minimum Gasteiger partial charge on any atom is -0.354 e. The van der Waals surface area contributed by atoms with Gasteiger partial charge in [-0.15, -0.1) is 0 Å². The Bertz CT molecular complexity index is 1190. The molecule has 0 unspecified atom stereocenters. The molecular weight excluding hydrogens is 403 g/mol. The Morgan fingerprint density at radius 2 is 1.70 bits per heavy atom. The molecule has 30 heavy (non-hydrogen) atoms. The molecular formula is C18H20F3N7O2. The molecule has 0 aromatic carbocycles. The second kappa shape index (κ2) is 7.27. The second-order valence-corrected chi connectivity index (χ2v) is 7.24. The largest absolute Gasteiger partial charge is 0.417 e. The van der Waals surface area contributed by atoms with E-state index < -0.39 is 23.0 Å². The minimum absolute atomic E-state index is 0.329. The number of halogens is 3. The van der Waals surface area contributed by atoms with E-state index in [0.717, 1.165) is 16.8 Å². The number of aromatic nitrogens is 5. The van der Waals surface area contributed by atoms with Crippen molar-refractivity contribution in [1.29, 1.82) is 0 Å². The smallest absolute Gasteiger partial charge is 0.354 e. The summed E-state index contributed by atoms with van der Waals surface area (Å²) in [5, 5.41) is 0. The first-order valence-electron chi connectivity index (χ1n) is 9.28. The van der Waals surface area contributed by atoms with Crippen LogP contribution in [0, 0.1) is 0 Å². The first-order valence-corrected chi connectivity index (χ1v) is 9.28. The van der Waals surface area contributed by atoms with Crippen LogP contribution in [0.2, 0.25) is 0 Å². The SMILES string of the molecule is Cn1c(=O)c2c(ncn2CN2CCN(c3ccc(C(F)(F)F)cn3)CC2)n(C)c1=O. The third-order valence-electron chi connectivity index (χ3n) is 5.34. The monoisotopic (exact) mass is 423 g/mol. The van der Waals surface area contributed by atoms with Crippen molar-refractivity contribution >= 4 is 17.0 Å². The molecule has 12 heteroatoms. The molecule has 4 rings (SSSR count). The first-order chi connectivity index (χ1) is 14.2. The highest BCUT2D eigenvalue weighted by Gasteiger charge is 2.31. The van der Waals surface area contributed by atoms with Crippen molar-refractivity contribution in [3.8, 4) is 0 Å². The molecule has 1 aliphatic rings. The Morgan fingerprint density at radius 3 is 2.30 bits per heavy atom. The number of pyridine rings is 1. The standard InChI is InChI=1S/C18H20F3N7O2/c1-24-15-14(16(29)25(2)17(24)30)28(10-23-15)11-26-5-7-27(8-6-26)13-4-3-12(9-22-13)18(19,20)21/h3-4,9-10H,5-8,11H2,1-2H3. The minimum atomic E-state index is -4.40. The van der Waals surface area contributed by atoms with Gasteiger partial charge in [0.05, 0.1) is 18.6 Å². The van der Waals surface area contributed by atoms with E-state index in [-0.39, 0.29) is 0 Å². The zero-order valence-electron chi connectivity index (χ0n) is 16.4. The van der Waals surface area contributed by atoms with Crippen LogP contribution in [0.4, 0.5) is 19.0 Å². The van der Waals surface area contributed by atoms with Crippen LogP contribution in [-0.2, 0) is 26.9 Å². The summed E-state index contributed by atoms with van der Waals surface area (Å²) in [6.07, 6.45) is -2.02. The maximum atomic E-state index is 12.7. The molecule has 0 spiro atoms. The van der Waals surface area contributed by atoms with Crippen LogP contribution in [-0.4, -0.2) is 54.7 Å². The molecule has 0 radical (unpaired) electrons. The van der Waals surface area contributed by atoms with Gasteiger partial charge in [0.25, 0.3) is 5.56 Å². The highest BCUT2D eigenvalue weighted by atomic mass is 19.4. The number of hydrogen-bond donors (Lipinski definition) is 0. The molecule has 9 nitrogen and oxygen atoms in total. The zero-order chi connectivity index (χ0) is 21.6. The average Bonchev–Trinajstić information content (AvgIpc) is 3.14. The second-order valence-electron chi connectivity index (χ2n) is 7.24. The van der Waals surface area contributed by atoms with Gasteiger partial charge in [-0.25, -0.2) is 14.8 Å². The number of imidazole rings is 1. The van der Waals surface area contributed by atoms with Crippen molar-refractivity contribution in [1.82, 2.24) is 28.6 Å². The van der Waals surface area contributed by atoms with Crippen molar-refractivity contribution in [3.63, 3.8) is 0 Å². The van der Waals surface area contributed by atoms with Gasteiger partial charge in [0.1, 0.15) is 5.82 Å². The maximum absolute atomic E-state index is 12.7. The number of hydrogen-bond acceptors (Lipinski definition) is 6. The fraction of sp³-hybridized carbons (Fsp3) is 0.444. The number of fused-ring (bicyclic) bond motifs is 1. The summed E-state index contributed by atoms with van der Waals surface area (Å²) < 4.78 is 42.2. The van der Waals surface area contributed by atoms with Crippen LogP contribution in [0.15, 0.2) is 34.2 Å². The highest BCUT2D eigenvalue weighted by molar-refractivity contribution is 5.69. The number of piperazine rings is 1. The predicted octanol–water partition coefficient (Wildman–Crippen LogP) is 0.627. The van der Waals surface area contributed by atoms with Crippen LogP contribution in [0.25, 0.3) is 11.2 Å². The van der Waals surface area contributed by atoms with Gasteiger partial charge in [-0.3, -0.25) is 18.8 Å². The molecule has 0 N–H and O–H groups in total. The van der Waals surface area contributed by atoms with E-state index in [1.165, 1.54) is 24.0 Å². The van der Waals surface area contributed by atoms with Crippen LogP contribution in [0.1, 0.15) is 5.56 Å². The summed E-state index contributed by atoms with van der Waals surface area (Å²) in [6.45, 7) is 2.85. The van der Waals surface area contributed by atoms with Gasteiger partial charge in [0, 0.05) is 46.5 Å². The van der Waals surface area contributed by atoms with Gasteiger partial charge >= 0.3 is 11.9 Å². The fourth-order valence-electron chi connectivity index (χ4n) is 3.58. The van der Waals surface area contributed by atoms with Crippen LogP contribution in [0.3, 0.4) is 0 Å². The Hall–Kier alpha value is -3.15. The van der Waals surface area contributed by atoms with E-state index in [9.17, 15) is 22.8 Å². The number of anilines is 1.